The van der Waals surface area contributed by atoms with Crippen molar-refractivity contribution < 1.29 is 51.5 Å². The van der Waals surface area contributed by atoms with Crippen LogP contribution >= 0.6 is 0 Å². The van der Waals surface area contributed by atoms with Crippen LogP contribution in [-0.2, 0) is 44.7 Å². The number of hydrogen-bond acceptors (Lipinski definition) is 19. The zero-order valence-electron chi connectivity index (χ0n) is 26.6. The Morgan fingerprint density at radius 1 is 0.788 bits per heavy atom. The van der Waals surface area contributed by atoms with E-state index in [4.69, 9.17) is 15.5 Å². The first-order valence-corrected chi connectivity index (χ1v) is 18.9. The Morgan fingerprint density at radius 3 is 1.98 bits per heavy atom. The molecule has 28 heteroatoms. The first-order valence-electron chi connectivity index (χ1n) is 13.0. The number of aromatic nitrogens is 3. The maximum Gasteiger partial charge on any atom is 0.397 e. The molecule has 0 saturated heterocycles. The standard InChI is InChI=1S/C24H22N10O12S4.Li.Na/c25-13-27-22-30-23(28-15-2-1-3-17(10-15)48(37,38)39)32-24(31-22)29-19-11-18(26)21(49(40,41)42)12-20(19)34-33-14-4-6-16(7-5-14)47(35,36)9-8-46-50(43,44)45;;/h1-7,10-12H,8-9,26H2,(H,37,38,39)(H,40,41,42)(H,43,44,45)(H3,27,28,29,30,31,32);;. The molecule has 4 aromatic rings. The maximum atomic E-state index is 12.4. The molecule has 52 heavy (non-hydrogen) atoms. The first kappa shape index (κ1) is 44.4. The fourth-order valence-corrected chi connectivity index (χ4v) is 6.40. The van der Waals surface area contributed by atoms with Gasteiger partial charge in [0.25, 0.3) is 20.2 Å². The molecule has 0 bridgehead atoms. The number of benzene rings is 3. The molecule has 0 unspecified atom stereocenters. The van der Waals surface area contributed by atoms with Gasteiger partial charge in [0.2, 0.25) is 17.8 Å². The van der Waals surface area contributed by atoms with Crippen LogP contribution in [-0.4, -0.2) is 123 Å². The molecule has 0 amide bonds. The van der Waals surface area contributed by atoms with Crippen LogP contribution in [0.5, 0.6) is 0 Å². The molecule has 3 aromatic carbocycles. The summed E-state index contributed by atoms with van der Waals surface area (Å²) in [7, 11) is -18.3. The maximum absolute atomic E-state index is 12.4. The minimum atomic E-state index is -4.88. The van der Waals surface area contributed by atoms with Gasteiger partial charge in [-0.1, -0.05) is 6.07 Å². The zero-order chi connectivity index (χ0) is 36.9. The van der Waals surface area contributed by atoms with E-state index in [9.17, 15) is 42.8 Å². The van der Waals surface area contributed by atoms with Crippen LogP contribution < -0.4 is 21.7 Å². The molecule has 1 heterocycles. The number of nitrogens with one attached hydrogen (secondary N) is 3. The minimum absolute atomic E-state index is 0. The van der Waals surface area contributed by atoms with Crippen molar-refractivity contribution in [2.45, 2.75) is 14.7 Å². The van der Waals surface area contributed by atoms with E-state index in [2.05, 4.69) is 45.3 Å². The molecular formula is C24H22LiN10NaO12S4. The van der Waals surface area contributed by atoms with Crippen LogP contribution in [0.2, 0.25) is 0 Å². The number of rotatable bonds is 14. The molecule has 2 radical (unpaired) electrons. The van der Waals surface area contributed by atoms with Crippen molar-refractivity contribution in [1.82, 2.24) is 15.0 Å². The normalized spacial score (nSPS) is 11.9. The fourth-order valence-electron chi connectivity index (χ4n) is 3.77. The Bertz CT molecular complexity index is 2470. The van der Waals surface area contributed by atoms with Gasteiger partial charge in [-0.15, -0.1) is 5.11 Å². The second-order valence-electron chi connectivity index (χ2n) is 9.44. The molecule has 266 valence electrons. The van der Waals surface area contributed by atoms with Crippen molar-refractivity contribution in [3.8, 4) is 6.19 Å². The number of azo groups is 1. The summed E-state index contributed by atoms with van der Waals surface area (Å²) in [6.07, 6.45) is 1.61. The fraction of sp³-hybridized carbons (Fsp3) is 0.0833. The van der Waals surface area contributed by atoms with Gasteiger partial charge in [-0.05, 0) is 54.6 Å². The van der Waals surface area contributed by atoms with Gasteiger partial charge >= 0.3 is 10.4 Å². The molecule has 22 nitrogen and oxygen atoms in total. The van der Waals surface area contributed by atoms with Crippen molar-refractivity contribution in [2.75, 3.05) is 34.0 Å². The van der Waals surface area contributed by atoms with Gasteiger partial charge in [0, 0.05) is 54.1 Å². The quantitative estimate of drug-likeness (QED) is 0.0237. The van der Waals surface area contributed by atoms with Gasteiger partial charge < -0.3 is 16.4 Å². The van der Waals surface area contributed by atoms with E-state index in [1.54, 1.807) is 6.19 Å². The Hall–Kier alpha value is -3.80. The summed E-state index contributed by atoms with van der Waals surface area (Å²) in [5, 5.41) is 24.6. The topological polar surface area (TPSA) is 356 Å². The molecular weight excluding hydrogens is 779 g/mol. The molecule has 0 aliphatic carbocycles. The summed E-state index contributed by atoms with van der Waals surface area (Å²) >= 11 is 0. The summed E-state index contributed by atoms with van der Waals surface area (Å²) in [5.41, 5.74) is 5.15. The Balaban J connectivity index is 0.00000468. The number of anilines is 6. The Morgan fingerprint density at radius 2 is 1.40 bits per heavy atom. The van der Waals surface area contributed by atoms with E-state index < -0.39 is 68.3 Å². The van der Waals surface area contributed by atoms with Crippen LogP contribution in [0.15, 0.2) is 85.6 Å². The molecule has 0 aliphatic rings. The largest absolute Gasteiger partial charge is 0.398 e. The molecule has 0 saturated carbocycles. The van der Waals surface area contributed by atoms with Gasteiger partial charge in [0.15, 0.2) is 16.0 Å². The summed E-state index contributed by atoms with van der Waals surface area (Å²) in [6, 6.07) is 11.4. The third-order valence-electron chi connectivity index (χ3n) is 5.90. The van der Waals surface area contributed by atoms with E-state index >= 15 is 0 Å². The molecule has 0 spiro atoms. The summed E-state index contributed by atoms with van der Waals surface area (Å²) in [6.45, 7) is -0.848. The summed E-state index contributed by atoms with van der Waals surface area (Å²) < 4.78 is 125. The van der Waals surface area contributed by atoms with E-state index in [1.807, 2.05) is 0 Å². The van der Waals surface area contributed by atoms with Gasteiger partial charge in [-0.3, -0.25) is 19.0 Å². The van der Waals surface area contributed by atoms with Gasteiger partial charge in [0.05, 0.1) is 39.2 Å². The molecule has 0 atom stereocenters. The second-order valence-corrected chi connectivity index (χ2v) is 15.5. The molecule has 4 rings (SSSR count). The van der Waals surface area contributed by atoms with E-state index in [1.165, 1.54) is 24.3 Å². The van der Waals surface area contributed by atoms with Crippen LogP contribution in [0.4, 0.5) is 46.3 Å². The number of nitrogen functional groups attached to an aromatic ring is 1. The molecule has 0 aliphatic heterocycles. The summed E-state index contributed by atoms with van der Waals surface area (Å²) in [5.74, 6) is -1.67. The summed E-state index contributed by atoms with van der Waals surface area (Å²) in [4.78, 5) is 10.7. The van der Waals surface area contributed by atoms with Crippen molar-refractivity contribution in [3.63, 3.8) is 0 Å². The van der Waals surface area contributed by atoms with E-state index in [0.717, 1.165) is 36.4 Å². The predicted octanol–water partition coefficient (Wildman–Crippen LogP) is 1.57. The average Bonchev–Trinajstić information content (AvgIpc) is 2.99. The average molecular weight is 801 g/mol. The third-order valence-corrected chi connectivity index (χ3v) is 9.82. The SMILES string of the molecule is N#CNc1nc(Nc2cccc(S(=O)(=O)O)c2)nc(Nc2cc(N)c(S(=O)(=O)O)cc2N=Nc2ccc(S(=O)(=O)CCOS(=O)(=O)O)cc2)n1.[Li].[Na]. The van der Waals surface area contributed by atoms with E-state index in [0.29, 0.717) is 0 Å². The van der Waals surface area contributed by atoms with Crippen LogP contribution in [0.1, 0.15) is 0 Å². The van der Waals surface area contributed by atoms with Crippen molar-refractivity contribution in [2.24, 2.45) is 10.2 Å². The van der Waals surface area contributed by atoms with Crippen molar-refractivity contribution in [1.29, 1.82) is 5.26 Å². The Kier molecular flexibility index (Phi) is 15.2. The monoisotopic (exact) mass is 800 g/mol. The predicted molar refractivity (Wildman–Crippen MR) is 184 cm³/mol. The zero-order valence-corrected chi connectivity index (χ0v) is 31.9. The molecule has 0 fully saturated rings. The van der Waals surface area contributed by atoms with Gasteiger partial charge in [-0.2, -0.15) is 50.6 Å². The van der Waals surface area contributed by atoms with Crippen molar-refractivity contribution in [3.05, 3.63) is 60.7 Å². The number of nitrogens with zero attached hydrogens (tertiary/aromatic N) is 6. The Labute approximate surface area is 330 Å². The van der Waals surface area contributed by atoms with Crippen molar-refractivity contribution >= 4 is 135 Å². The van der Waals surface area contributed by atoms with Crippen LogP contribution in [0.3, 0.4) is 0 Å². The number of sulfone groups is 1. The smallest absolute Gasteiger partial charge is 0.397 e. The number of hydrogen-bond donors (Lipinski definition) is 7. The first-order chi connectivity index (χ1) is 23.2. The number of nitrogens with two attached hydrogens (primary N) is 1. The van der Waals surface area contributed by atoms with Gasteiger partial charge in [-0.25, -0.2) is 12.6 Å². The second kappa shape index (κ2) is 17.8. The van der Waals surface area contributed by atoms with Gasteiger partial charge in [0.1, 0.15) is 10.6 Å². The van der Waals surface area contributed by atoms with E-state index in [-0.39, 0.29) is 93.9 Å². The molecule has 1 aromatic heterocycles. The molecule has 8 N–H and O–H groups in total. The minimum Gasteiger partial charge on any atom is -0.398 e. The van der Waals surface area contributed by atoms with Crippen LogP contribution in [0, 0.1) is 11.5 Å². The third kappa shape index (κ3) is 12.7. The van der Waals surface area contributed by atoms with Crippen LogP contribution in [0.25, 0.3) is 0 Å². The number of nitriles is 1.